The Kier molecular flexibility index (Phi) is 7.69. The number of fused-ring (bicyclic) bond motifs is 3. The van der Waals surface area contributed by atoms with Crippen molar-refractivity contribution in [2.75, 3.05) is 18.2 Å². The van der Waals surface area contributed by atoms with E-state index in [1.807, 2.05) is 42.5 Å². The predicted octanol–water partition coefficient (Wildman–Crippen LogP) is 3.87. The minimum atomic E-state index is -0.916. The lowest BCUT2D eigenvalue weighted by Crippen LogP contribution is -2.42. The monoisotopic (exact) mass is 545 g/mol. The average Bonchev–Trinajstić information content (AvgIpc) is 3.28. The molecular weight excluding hydrogens is 521 g/mol. The van der Waals surface area contributed by atoms with Gasteiger partial charge in [-0.2, -0.15) is 0 Å². The molecule has 198 valence electrons. The lowest BCUT2D eigenvalue weighted by molar-refractivity contribution is -0.128. The number of methoxy groups -OCH3 is 1. The van der Waals surface area contributed by atoms with E-state index in [9.17, 15) is 18.8 Å². The van der Waals surface area contributed by atoms with Crippen LogP contribution in [0.5, 0.6) is 5.75 Å². The van der Waals surface area contributed by atoms with Gasteiger partial charge in [-0.15, -0.1) is 0 Å². The number of amidine groups is 2. The molecule has 39 heavy (non-hydrogen) atoms. The molecule has 9 nitrogen and oxygen atoms in total. The van der Waals surface area contributed by atoms with Crippen molar-refractivity contribution in [1.29, 1.82) is 0 Å². The number of para-hydroxylation sites is 1. The van der Waals surface area contributed by atoms with Gasteiger partial charge in [-0.25, -0.2) is 14.3 Å². The molecule has 0 bridgehead atoms. The summed E-state index contributed by atoms with van der Waals surface area (Å²) in [4.78, 5) is 49.2. The van der Waals surface area contributed by atoms with Crippen molar-refractivity contribution in [3.05, 3.63) is 89.7 Å². The van der Waals surface area contributed by atoms with Crippen LogP contribution in [-0.2, 0) is 20.9 Å². The maximum absolute atomic E-state index is 13.4. The van der Waals surface area contributed by atoms with Crippen molar-refractivity contribution in [1.82, 2.24) is 10.2 Å². The highest BCUT2D eigenvalue weighted by molar-refractivity contribution is 8.14. The van der Waals surface area contributed by atoms with Crippen LogP contribution in [0, 0.1) is 5.82 Å². The molecule has 3 amide bonds. The number of ether oxygens (including phenoxy) is 1. The van der Waals surface area contributed by atoms with Crippen molar-refractivity contribution in [3.63, 3.8) is 0 Å². The number of carbonyl (C=O) groups is 3. The number of nitrogens with one attached hydrogen (secondary N) is 2. The zero-order valence-electron chi connectivity index (χ0n) is 20.9. The van der Waals surface area contributed by atoms with Crippen molar-refractivity contribution in [2.24, 2.45) is 9.98 Å². The number of aliphatic imine (C=N–C) groups is 2. The van der Waals surface area contributed by atoms with Gasteiger partial charge >= 0.3 is 0 Å². The van der Waals surface area contributed by atoms with E-state index in [0.29, 0.717) is 34.5 Å². The molecule has 3 aromatic rings. The summed E-state index contributed by atoms with van der Waals surface area (Å²) in [5, 5.41) is 5.82. The van der Waals surface area contributed by atoms with E-state index < -0.39 is 11.9 Å². The molecule has 2 aliphatic rings. The van der Waals surface area contributed by atoms with E-state index in [1.54, 1.807) is 13.2 Å². The fourth-order valence-electron chi connectivity index (χ4n) is 4.08. The van der Waals surface area contributed by atoms with Crippen LogP contribution >= 0.6 is 11.8 Å². The van der Waals surface area contributed by atoms with Gasteiger partial charge in [0.2, 0.25) is 11.8 Å². The zero-order valence-corrected chi connectivity index (χ0v) is 21.7. The number of halogens is 1. The lowest BCUT2D eigenvalue weighted by Gasteiger charge is -2.25. The first-order valence-corrected chi connectivity index (χ1v) is 13.1. The van der Waals surface area contributed by atoms with Crippen LogP contribution in [0.1, 0.15) is 17.5 Å². The molecule has 0 unspecified atom stereocenters. The van der Waals surface area contributed by atoms with Crippen LogP contribution in [0.4, 0.5) is 15.8 Å². The van der Waals surface area contributed by atoms with Crippen molar-refractivity contribution in [2.45, 2.75) is 19.0 Å². The van der Waals surface area contributed by atoms with Gasteiger partial charge < -0.3 is 15.4 Å². The van der Waals surface area contributed by atoms with E-state index in [1.165, 1.54) is 29.2 Å². The highest BCUT2D eigenvalue weighted by Crippen LogP contribution is 2.34. The molecule has 11 heteroatoms. The first-order chi connectivity index (χ1) is 18.9. The summed E-state index contributed by atoms with van der Waals surface area (Å²) in [6.45, 7) is 0.304. The van der Waals surface area contributed by atoms with Crippen molar-refractivity contribution >= 4 is 51.9 Å². The van der Waals surface area contributed by atoms with E-state index >= 15 is 0 Å². The molecule has 2 heterocycles. The van der Waals surface area contributed by atoms with Crippen LogP contribution in [0.15, 0.2) is 82.8 Å². The Balaban J connectivity index is 1.26. The second-order valence-corrected chi connectivity index (χ2v) is 9.67. The highest BCUT2D eigenvalue weighted by Gasteiger charge is 2.42. The summed E-state index contributed by atoms with van der Waals surface area (Å²) in [7, 11) is 1.58. The maximum atomic E-state index is 13.4. The minimum Gasteiger partial charge on any atom is -0.497 e. The molecule has 0 fully saturated rings. The first-order valence-electron chi connectivity index (χ1n) is 12.1. The molecule has 3 aromatic carbocycles. The summed E-state index contributed by atoms with van der Waals surface area (Å²) in [6.07, 6.45) is -0.125. The standard InChI is InChI=1S/C28H24FN5O4S/c1-38-20-12-6-17(7-13-20)15-30-24(35)14-23-27(37)34-26(32-23)21-4-2-3-5-22(21)33-28(34)39-16-25(36)31-19-10-8-18(29)9-11-19/h2-13,23H,14-16H2,1H3,(H,30,35)(H,31,36)/t23-/m0/s1. The van der Waals surface area contributed by atoms with Gasteiger partial charge in [0.25, 0.3) is 5.91 Å². The predicted molar refractivity (Wildman–Crippen MR) is 148 cm³/mol. The number of anilines is 1. The third-order valence-electron chi connectivity index (χ3n) is 6.04. The molecule has 0 aromatic heterocycles. The summed E-state index contributed by atoms with van der Waals surface area (Å²) in [5.74, 6) is -0.357. The third-order valence-corrected chi connectivity index (χ3v) is 6.97. The third kappa shape index (κ3) is 5.99. The van der Waals surface area contributed by atoms with Gasteiger partial charge in [-0.3, -0.25) is 19.4 Å². The molecule has 0 saturated carbocycles. The molecule has 0 aliphatic carbocycles. The maximum Gasteiger partial charge on any atom is 0.259 e. The summed E-state index contributed by atoms with van der Waals surface area (Å²) in [5.41, 5.74) is 2.64. The topological polar surface area (TPSA) is 112 Å². The summed E-state index contributed by atoms with van der Waals surface area (Å²) >= 11 is 1.08. The van der Waals surface area contributed by atoms with Crippen LogP contribution < -0.4 is 15.4 Å². The Hall–Kier alpha value is -4.51. The van der Waals surface area contributed by atoms with Gasteiger partial charge in [0, 0.05) is 17.8 Å². The molecule has 0 saturated heterocycles. The first kappa shape index (κ1) is 26.1. The van der Waals surface area contributed by atoms with Crippen molar-refractivity contribution in [3.8, 4) is 5.75 Å². The average molecular weight is 546 g/mol. The van der Waals surface area contributed by atoms with Crippen LogP contribution in [0.2, 0.25) is 0 Å². The number of nitrogens with zero attached hydrogens (tertiary/aromatic N) is 3. The Morgan fingerprint density at radius 1 is 1.03 bits per heavy atom. The number of amides is 3. The Labute approximate surface area is 228 Å². The van der Waals surface area contributed by atoms with Crippen LogP contribution in [-0.4, -0.2) is 52.5 Å². The van der Waals surface area contributed by atoms with E-state index in [0.717, 1.165) is 23.1 Å². The lowest BCUT2D eigenvalue weighted by atomic mass is 10.1. The minimum absolute atomic E-state index is 0.0392. The number of hydrogen-bond donors (Lipinski definition) is 2. The van der Waals surface area contributed by atoms with Crippen molar-refractivity contribution < 1.29 is 23.5 Å². The number of thioether (sulfide) groups is 1. The smallest absolute Gasteiger partial charge is 0.259 e. The SMILES string of the molecule is COc1ccc(CNC(=O)C[C@@H]2N=C3c4ccccc4N=C(SCC(=O)Nc4ccc(F)cc4)N3C2=O)cc1. The summed E-state index contributed by atoms with van der Waals surface area (Å²) < 4.78 is 18.3. The summed E-state index contributed by atoms with van der Waals surface area (Å²) in [6, 6.07) is 19.1. The Morgan fingerprint density at radius 2 is 1.77 bits per heavy atom. The van der Waals surface area contributed by atoms with Gasteiger partial charge in [0.05, 0.1) is 25.0 Å². The normalized spacial score (nSPS) is 15.6. The van der Waals surface area contributed by atoms with E-state index in [4.69, 9.17) is 4.74 Å². The number of hydrogen-bond acceptors (Lipinski definition) is 7. The molecule has 2 N–H and O–H groups in total. The van der Waals surface area contributed by atoms with Crippen LogP contribution in [0.25, 0.3) is 0 Å². The second-order valence-electron chi connectivity index (χ2n) is 8.73. The Morgan fingerprint density at radius 3 is 2.51 bits per heavy atom. The van der Waals surface area contributed by atoms with E-state index in [2.05, 4.69) is 20.6 Å². The van der Waals surface area contributed by atoms with Gasteiger partial charge in [-0.05, 0) is 54.1 Å². The molecule has 0 spiro atoms. The molecule has 2 aliphatic heterocycles. The fraction of sp³-hybridized carbons (Fsp3) is 0.179. The zero-order chi connectivity index (χ0) is 27.4. The number of benzene rings is 3. The molecule has 5 rings (SSSR count). The quantitative estimate of drug-likeness (QED) is 0.446. The molecule has 1 atom stereocenters. The van der Waals surface area contributed by atoms with Crippen LogP contribution in [0.3, 0.4) is 0 Å². The van der Waals surface area contributed by atoms with Gasteiger partial charge in [0.15, 0.2) is 5.17 Å². The second kappa shape index (κ2) is 11.5. The molecule has 0 radical (unpaired) electrons. The number of carbonyl (C=O) groups excluding carboxylic acids is 3. The number of rotatable bonds is 8. The highest BCUT2D eigenvalue weighted by atomic mass is 32.2. The van der Waals surface area contributed by atoms with Gasteiger partial charge in [0.1, 0.15) is 23.4 Å². The Bertz CT molecular complexity index is 1470. The largest absolute Gasteiger partial charge is 0.497 e. The molecular formula is C28H24FN5O4S. The van der Waals surface area contributed by atoms with E-state index in [-0.39, 0.29) is 29.9 Å². The van der Waals surface area contributed by atoms with Gasteiger partial charge in [-0.1, -0.05) is 36.0 Å². The fourth-order valence-corrected chi connectivity index (χ4v) is 4.88.